The van der Waals surface area contributed by atoms with Crippen LogP contribution in [0.4, 0.5) is 0 Å². The van der Waals surface area contributed by atoms with E-state index in [0.717, 1.165) is 55.1 Å². The van der Waals surface area contributed by atoms with Crippen LogP contribution in [-0.4, -0.2) is 68.2 Å². The predicted octanol–water partition coefficient (Wildman–Crippen LogP) is 3.73. The van der Waals surface area contributed by atoms with E-state index >= 15 is 0 Å². The van der Waals surface area contributed by atoms with E-state index in [1.807, 2.05) is 59.6 Å². The van der Waals surface area contributed by atoms with Gasteiger partial charge in [0, 0.05) is 50.0 Å². The van der Waals surface area contributed by atoms with Gasteiger partial charge in [-0.3, -0.25) is 14.7 Å². The number of rotatable bonds is 7. The number of piperazine rings is 1. The summed E-state index contributed by atoms with van der Waals surface area (Å²) in [4.78, 5) is 21.5. The van der Waals surface area contributed by atoms with Crippen LogP contribution >= 0.6 is 0 Å². The standard InChI is InChI=1S/C26H29N3O4/c1-31-23-16-21(17-24(32-2)25(23)33-3)22-15-19(9-10-27-22)18-28-11-13-29(14-12-28)26(30)20-7-5-4-6-8-20/h4-10,15-17H,11-14,18H2,1-3H3. The zero-order valence-electron chi connectivity index (χ0n) is 19.3. The van der Waals surface area contributed by atoms with E-state index in [1.165, 1.54) is 0 Å². The first-order valence-electron chi connectivity index (χ1n) is 10.9. The van der Waals surface area contributed by atoms with E-state index in [1.54, 1.807) is 21.3 Å². The van der Waals surface area contributed by atoms with Crippen molar-refractivity contribution in [1.29, 1.82) is 0 Å². The van der Waals surface area contributed by atoms with Crippen LogP contribution in [0.15, 0.2) is 60.8 Å². The van der Waals surface area contributed by atoms with E-state index < -0.39 is 0 Å². The summed E-state index contributed by atoms with van der Waals surface area (Å²) in [5.74, 6) is 1.85. The number of nitrogens with zero attached hydrogens (tertiary/aromatic N) is 3. The highest BCUT2D eigenvalue weighted by Gasteiger charge is 2.22. The molecular weight excluding hydrogens is 418 g/mol. The zero-order chi connectivity index (χ0) is 23.2. The minimum Gasteiger partial charge on any atom is -0.493 e. The van der Waals surface area contributed by atoms with Crippen molar-refractivity contribution in [3.8, 4) is 28.5 Å². The van der Waals surface area contributed by atoms with Crippen molar-refractivity contribution in [2.45, 2.75) is 6.54 Å². The lowest BCUT2D eigenvalue weighted by atomic mass is 10.1. The van der Waals surface area contributed by atoms with Gasteiger partial charge in [0.2, 0.25) is 5.75 Å². The maximum atomic E-state index is 12.7. The minimum atomic E-state index is 0.101. The van der Waals surface area contributed by atoms with Crippen molar-refractivity contribution < 1.29 is 19.0 Å². The number of carbonyl (C=O) groups is 1. The maximum Gasteiger partial charge on any atom is 0.253 e. The quantitative estimate of drug-likeness (QED) is 0.550. The van der Waals surface area contributed by atoms with Crippen molar-refractivity contribution in [1.82, 2.24) is 14.8 Å². The number of hydrogen-bond donors (Lipinski definition) is 0. The van der Waals surface area contributed by atoms with Gasteiger partial charge < -0.3 is 19.1 Å². The number of aromatic nitrogens is 1. The molecule has 172 valence electrons. The Morgan fingerprint density at radius 1 is 0.879 bits per heavy atom. The van der Waals surface area contributed by atoms with Gasteiger partial charge in [-0.15, -0.1) is 0 Å². The molecule has 4 rings (SSSR count). The summed E-state index contributed by atoms with van der Waals surface area (Å²) in [6.45, 7) is 3.91. The van der Waals surface area contributed by atoms with E-state index in [2.05, 4.69) is 16.0 Å². The van der Waals surface area contributed by atoms with Crippen LogP contribution < -0.4 is 14.2 Å². The highest BCUT2D eigenvalue weighted by Crippen LogP contribution is 2.40. The van der Waals surface area contributed by atoms with Crippen LogP contribution in [0.1, 0.15) is 15.9 Å². The molecule has 0 bridgehead atoms. The molecule has 7 heteroatoms. The van der Waals surface area contributed by atoms with Gasteiger partial charge in [0.05, 0.1) is 27.0 Å². The fourth-order valence-electron chi connectivity index (χ4n) is 4.09. The second kappa shape index (κ2) is 10.4. The molecular formula is C26H29N3O4. The molecule has 1 amide bonds. The summed E-state index contributed by atoms with van der Waals surface area (Å²) in [6.07, 6.45) is 1.82. The van der Waals surface area contributed by atoms with Crippen LogP contribution in [0.3, 0.4) is 0 Å². The molecule has 7 nitrogen and oxygen atoms in total. The molecule has 2 aromatic carbocycles. The molecule has 0 aliphatic carbocycles. The molecule has 2 heterocycles. The Morgan fingerprint density at radius 2 is 1.55 bits per heavy atom. The van der Waals surface area contributed by atoms with Gasteiger partial charge in [0.25, 0.3) is 5.91 Å². The maximum absolute atomic E-state index is 12.7. The average molecular weight is 448 g/mol. The van der Waals surface area contributed by atoms with Gasteiger partial charge in [-0.1, -0.05) is 18.2 Å². The highest BCUT2D eigenvalue weighted by molar-refractivity contribution is 5.94. The number of benzene rings is 2. The van der Waals surface area contributed by atoms with Crippen molar-refractivity contribution >= 4 is 5.91 Å². The first kappa shape index (κ1) is 22.6. The fourth-order valence-corrected chi connectivity index (χ4v) is 4.09. The molecule has 1 aliphatic heterocycles. The molecule has 3 aromatic rings. The molecule has 1 fully saturated rings. The lowest BCUT2D eigenvalue weighted by molar-refractivity contribution is 0.0628. The van der Waals surface area contributed by atoms with Gasteiger partial charge >= 0.3 is 0 Å². The Bertz CT molecular complexity index is 1070. The smallest absolute Gasteiger partial charge is 0.253 e. The van der Waals surface area contributed by atoms with E-state index in [9.17, 15) is 4.79 Å². The van der Waals surface area contributed by atoms with Crippen LogP contribution in [-0.2, 0) is 6.54 Å². The summed E-state index contributed by atoms with van der Waals surface area (Å²) in [5, 5.41) is 0. The Hall–Kier alpha value is -3.58. The van der Waals surface area contributed by atoms with Gasteiger partial charge in [-0.05, 0) is 42.0 Å². The lowest BCUT2D eigenvalue weighted by Gasteiger charge is -2.34. The highest BCUT2D eigenvalue weighted by atomic mass is 16.5. The van der Waals surface area contributed by atoms with Crippen molar-refractivity contribution in [3.05, 3.63) is 71.9 Å². The molecule has 0 atom stereocenters. The summed E-state index contributed by atoms with van der Waals surface area (Å²) >= 11 is 0. The first-order chi connectivity index (χ1) is 16.1. The zero-order valence-corrected chi connectivity index (χ0v) is 19.3. The van der Waals surface area contributed by atoms with E-state index in [-0.39, 0.29) is 5.91 Å². The Labute approximate surface area is 194 Å². The molecule has 1 saturated heterocycles. The van der Waals surface area contributed by atoms with Crippen LogP contribution in [0.2, 0.25) is 0 Å². The van der Waals surface area contributed by atoms with Gasteiger partial charge in [-0.25, -0.2) is 0 Å². The fraction of sp³-hybridized carbons (Fsp3) is 0.308. The predicted molar refractivity (Wildman–Crippen MR) is 127 cm³/mol. The van der Waals surface area contributed by atoms with Gasteiger partial charge in [0.1, 0.15) is 0 Å². The summed E-state index contributed by atoms with van der Waals surface area (Å²) in [6, 6.07) is 17.4. The molecule has 0 radical (unpaired) electrons. The number of methoxy groups -OCH3 is 3. The molecule has 1 aromatic heterocycles. The van der Waals surface area contributed by atoms with Gasteiger partial charge in [0.15, 0.2) is 11.5 Å². The SMILES string of the molecule is COc1cc(-c2cc(CN3CCN(C(=O)c4ccccc4)CC3)ccn2)cc(OC)c1OC. The molecule has 0 spiro atoms. The molecule has 33 heavy (non-hydrogen) atoms. The number of hydrogen-bond acceptors (Lipinski definition) is 6. The average Bonchev–Trinajstić information content (AvgIpc) is 2.88. The third-order valence-corrected chi connectivity index (χ3v) is 5.87. The normalized spacial score (nSPS) is 14.1. The number of carbonyl (C=O) groups excluding carboxylic acids is 1. The Morgan fingerprint density at radius 3 is 2.15 bits per heavy atom. The second-order valence-electron chi connectivity index (χ2n) is 7.90. The summed E-state index contributed by atoms with van der Waals surface area (Å²) < 4.78 is 16.4. The van der Waals surface area contributed by atoms with Crippen LogP contribution in [0, 0.1) is 0 Å². The Kier molecular flexibility index (Phi) is 7.10. The molecule has 0 unspecified atom stereocenters. The topological polar surface area (TPSA) is 64.1 Å². The number of ether oxygens (including phenoxy) is 3. The molecule has 1 aliphatic rings. The van der Waals surface area contributed by atoms with Crippen molar-refractivity contribution in [3.63, 3.8) is 0 Å². The molecule has 0 N–H and O–H groups in total. The molecule has 0 saturated carbocycles. The van der Waals surface area contributed by atoms with E-state index in [4.69, 9.17) is 14.2 Å². The Balaban J connectivity index is 1.44. The van der Waals surface area contributed by atoms with E-state index in [0.29, 0.717) is 17.2 Å². The second-order valence-corrected chi connectivity index (χ2v) is 7.90. The third-order valence-electron chi connectivity index (χ3n) is 5.87. The van der Waals surface area contributed by atoms with Gasteiger partial charge in [-0.2, -0.15) is 0 Å². The summed E-state index contributed by atoms with van der Waals surface area (Å²) in [7, 11) is 4.80. The van der Waals surface area contributed by atoms with Crippen LogP contribution in [0.5, 0.6) is 17.2 Å². The summed E-state index contributed by atoms with van der Waals surface area (Å²) in [5.41, 5.74) is 3.64. The monoisotopic (exact) mass is 447 g/mol. The van der Waals surface area contributed by atoms with Crippen molar-refractivity contribution in [2.75, 3.05) is 47.5 Å². The number of amides is 1. The lowest BCUT2D eigenvalue weighted by Crippen LogP contribution is -2.48. The minimum absolute atomic E-state index is 0.101. The first-order valence-corrected chi connectivity index (χ1v) is 10.9. The van der Waals surface area contributed by atoms with Crippen molar-refractivity contribution in [2.24, 2.45) is 0 Å². The third kappa shape index (κ3) is 5.09. The number of pyridine rings is 1. The largest absolute Gasteiger partial charge is 0.493 e. The van der Waals surface area contributed by atoms with Crippen LogP contribution in [0.25, 0.3) is 11.3 Å².